The molecule has 1 aliphatic rings. The average molecular weight is 179 g/mol. The number of hydrogen-bond acceptors (Lipinski definition) is 3. The van der Waals surface area contributed by atoms with Crippen LogP contribution in [0.1, 0.15) is 31.3 Å². The zero-order chi connectivity index (χ0) is 9.47. The Labute approximate surface area is 76.2 Å². The highest BCUT2D eigenvalue weighted by Crippen LogP contribution is 2.45. The molecule has 0 aliphatic heterocycles. The molecule has 0 aromatic carbocycles. The molecule has 0 saturated heterocycles. The molecule has 1 aliphatic carbocycles. The van der Waals surface area contributed by atoms with Crippen LogP contribution in [0.25, 0.3) is 0 Å². The molecule has 1 aromatic rings. The predicted octanol–water partition coefficient (Wildman–Crippen LogP) is 0.280. The van der Waals surface area contributed by atoms with Crippen molar-refractivity contribution >= 4 is 0 Å². The van der Waals surface area contributed by atoms with Gasteiger partial charge in [0.05, 0.1) is 5.69 Å². The van der Waals surface area contributed by atoms with E-state index in [0.717, 1.165) is 18.7 Å². The number of H-pyrrole nitrogens is 1. The Morgan fingerprint density at radius 1 is 1.69 bits per heavy atom. The topological polar surface area (TPSA) is 71.8 Å². The van der Waals surface area contributed by atoms with Crippen LogP contribution >= 0.6 is 0 Å². The first kappa shape index (κ1) is 8.44. The molecule has 0 radical (unpaired) electrons. The van der Waals surface area contributed by atoms with E-state index >= 15 is 0 Å². The van der Waals surface area contributed by atoms with E-state index < -0.39 is 0 Å². The van der Waals surface area contributed by atoms with Crippen molar-refractivity contribution in [1.29, 1.82) is 0 Å². The first-order valence-corrected chi connectivity index (χ1v) is 4.45. The van der Waals surface area contributed by atoms with Crippen molar-refractivity contribution in [3.8, 4) is 0 Å². The van der Waals surface area contributed by atoms with E-state index in [0.29, 0.717) is 12.2 Å². The van der Waals surface area contributed by atoms with Gasteiger partial charge in [-0.05, 0) is 12.8 Å². The van der Waals surface area contributed by atoms with Gasteiger partial charge in [-0.25, -0.2) is 4.98 Å². The largest absolute Gasteiger partial charge is 0.325 e. The fourth-order valence-corrected chi connectivity index (χ4v) is 1.32. The lowest BCUT2D eigenvalue weighted by molar-refractivity contribution is 0.690. The second-order valence-electron chi connectivity index (χ2n) is 3.85. The molecule has 2 rings (SSSR count). The number of aromatic nitrogens is 2. The second kappa shape index (κ2) is 2.67. The summed E-state index contributed by atoms with van der Waals surface area (Å²) in [6.45, 7) is 2.43. The molecule has 0 atom stereocenters. The summed E-state index contributed by atoms with van der Waals surface area (Å²) in [5.74, 6) is 0.792. The molecule has 4 nitrogen and oxygen atoms in total. The quantitative estimate of drug-likeness (QED) is 0.685. The summed E-state index contributed by atoms with van der Waals surface area (Å²) in [5.41, 5.74) is 6.11. The van der Waals surface area contributed by atoms with E-state index in [2.05, 4.69) is 16.9 Å². The van der Waals surface area contributed by atoms with Crippen LogP contribution in [0.4, 0.5) is 0 Å². The molecule has 1 fully saturated rings. The molecule has 4 heteroatoms. The normalized spacial score (nSPS) is 18.6. The predicted molar refractivity (Wildman–Crippen MR) is 49.3 cm³/mol. The lowest BCUT2D eigenvalue weighted by atomic mass is 10.1. The maximum absolute atomic E-state index is 11.2. The first-order chi connectivity index (χ1) is 6.14. The van der Waals surface area contributed by atoms with E-state index in [1.165, 1.54) is 6.07 Å². The Morgan fingerprint density at radius 3 is 2.92 bits per heavy atom. The van der Waals surface area contributed by atoms with Gasteiger partial charge < -0.3 is 10.7 Å². The van der Waals surface area contributed by atoms with Crippen molar-refractivity contribution < 1.29 is 0 Å². The highest BCUT2D eigenvalue weighted by atomic mass is 16.1. The van der Waals surface area contributed by atoms with Gasteiger partial charge in [0.25, 0.3) is 5.56 Å². The molecule has 3 N–H and O–H groups in total. The maximum atomic E-state index is 11.2. The van der Waals surface area contributed by atoms with Crippen LogP contribution in [-0.2, 0) is 12.0 Å². The third kappa shape index (κ3) is 1.49. The average Bonchev–Trinajstić information content (AvgIpc) is 2.84. The van der Waals surface area contributed by atoms with Crippen molar-refractivity contribution in [3.63, 3.8) is 0 Å². The van der Waals surface area contributed by atoms with Gasteiger partial charge in [0, 0.05) is 18.0 Å². The summed E-state index contributed by atoms with van der Waals surface area (Å²) >= 11 is 0. The summed E-state index contributed by atoms with van der Waals surface area (Å²) < 4.78 is 0. The number of nitrogens with zero attached hydrogens (tertiary/aromatic N) is 1. The molecular weight excluding hydrogens is 166 g/mol. The fourth-order valence-electron chi connectivity index (χ4n) is 1.32. The van der Waals surface area contributed by atoms with Crippen LogP contribution in [0.15, 0.2) is 10.9 Å². The molecule has 1 saturated carbocycles. The molecule has 1 heterocycles. The third-order valence-corrected chi connectivity index (χ3v) is 2.58. The lowest BCUT2D eigenvalue weighted by Crippen LogP contribution is -2.19. The summed E-state index contributed by atoms with van der Waals surface area (Å²) in [4.78, 5) is 18.3. The zero-order valence-corrected chi connectivity index (χ0v) is 7.63. The van der Waals surface area contributed by atoms with E-state index in [1.807, 2.05) is 0 Å². The Balaban J connectivity index is 2.46. The molecular formula is C9H13N3O. The minimum atomic E-state index is -0.0985. The molecule has 0 bridgehead atoms. The monoisotopic (exact) mass is 179 g/mol. The SMILES string of the molecule is CC1(c2nc(CN)cc(=O)[nH]2)CC1. The van der Waals surface area contributed by atoms with Gasteiger partial charge in [0.2, 0.25) is 0 Å². The van der Waals surface area contributed by atoms with Gasteiger partial charge in [0.15, 0.2) is 0 Å². The van der Waals surface area contributed by atoms with Crippen molar-refractivity contribution in [2.75, 3.05) is 0 Å². The minimum absolute atomic E-state index is 0.0985. The fraction of sp³-hybridized carbons (Fsp3) is 0.556. The Kier molecular flexibility index (Phi) is 1.73. The number of aromatic amines is 1. The Morgan fingerprint density at radius 2 is 2.38 bits per heavy atom. The van der Waals surface area contributed by atoms with Gasteiger partial charge in [0.1, 0.15) is 5.82 Å². The van der Waals surface area contributed by atoms with Crippen LogP contribution in [-0.4, -0.2) is 9.97 Å². The molecule has 0 amide bonds. The zero-order valence-electron chi connectivity index (χ0n) is 7.63. The number of nitrogens with two attached hydrogens (primary N) is 1. The smallest absolute Gasteiger partial charge is 0.251 e. The van der Waals surface area contributed by atoms with E-state index in [4.69, 9.17) is 5.73 Å². The van der Waals surface area contributed by atoms with Crippen molar-refractivity contribution in [2.24, 2.45) is 5.73 Å². The van der Waals surface area contributed by atoms with E-state index in [-0.39, 0.29) is 11.0 Å². The Hall–Kier alpha value is -1.16. The molecule has 0 spiro atoms. The molecule has 13 heavy (non-hydrogen) atoms. The van der Waals surface area contributed by atoms with Crippen LogP contribution in [0.5, 0.6) is 0 Å². The third-order valence-electron chi connectivity index (χ3n) is 2.58. The van der Waals surface area contributed by atoms with Gasteiger partial charge in [-0.1, -0.05) is 6.92 Å². The summed E-state index contributed by atoms with van der Waals surface area (Å²) in [6.07, 6.45) is 2.20. The van der Waals surface area contributed by atoms with Crippen molar-refractivity contribution in [1.82, 2.24) is 9.97 Å². The highest BCUT2D eigenvalue weighted by molar-refractivity contribution is 5.17. The van der Waals surface area contributed by atoms with Crippen molar-refractivity contribution in [2.45, 2.75) is 31.7 Å². The first-order valence-electron chi connectivity index (χ1n) is 4.45. The molecule has 70 valence electrons. The number of nitrogens with one attached hydrogen (secondary N) is 1. The number of rotatable bonds is 2. The second-order valence-corrected chi connectivity index (χ2v) is 3.85. The maximum Gasteiger partial charge on any atom is 0.251 e. The molecule has 1 aromatic heterocycles. The van der Waals surface area contributed by atoms with Crippen LogP contribution < -0.4 is 11.3 Å². The standard InChI is InChI=1S/C9H13N3O/c1-9(2-3-9)8-11-6(5-10)4-7(13)12-8/h4H,2-3,5,10H2,1H3,(H,11,12,13). The van der Waals surface area contributed by atoms with Gasteiger partial charge in [-0.3, -0.25) is 4.79 Å². The minimum Gasteiger partial charge on any atom is -0.325 e. The van der Waals surface area contributed by atoms with Gasteiger partial charge in [-0.2, -0.15) is 0 Å². The van der Waals surface area contributed by atoms with E-state index in [9.17, 15) is 4.79 Å². The van der Waals surface area contributed by atoms with Crippen LogP contribution in [0, 0.1) is 0 Å². The Bertz CT molecular complexity index is 379. The summed E-state index contributed by atoms with van der Waals surface area (Å²) in [5, 5.41) is 0. The lowest BCUT2D eigenvalue weighted by Gasteiger charge is -2.07. The van der Waals surface area contributed by atoms with Gasteiger partial charge in [-0.15, -0.1) is 0 Å². The van der Waals surface area contributed by atoms with Gasteiger partial charge >= 0.3 is 0 Å². The van der Waals surface area contributed by atoms with Crippen LogP contribution in [0.2, 0.25) is 0 Å². The number of hydrogen-bond donors (Lipinski definition) is 2. The van der Waals surface area contributed by atoms with Crippen molar-refractivity contribution in [3.05, 3.63) is 27.9 Å². The van der Waals surface area contributed by atoms with Crippen LogP contribution in [0.3, 0.4) is 0 Å². The summed E-state index contributed by atoms with van der Waals surface area (Å²) in [6, 6.07) is 1.45. The molecule has 0 unspecified atom stereocenters. The highest BCUT2D eigenvalue weighted by Gasteiger charge is 2.41. The van der Waals surface area contributed by atoms with E-state index in [1.54, 1.807) is 0 Å². The summed E-state index contributed by atoms with van der Waals surface area (Å²) in [7, 11) is 0.